The van der Waals surface area contributed by atoms with Crippen molar-refractivity contribution >= 4 is 39.2 Å². The van der Waals surface area contributed by atoms with Gasteiger partial charge in [-0.1, -0.05) is 11.6 Å². The molecule has 0 saturated carbocycles. The van der Waals surface area contributed by atoms with Crippen LogP contribution >= 0.6 is 27.5 Å². The van der Waals surface area contributed by atoms with Crippen molar-refractivity contribution in [3.63, 3.8) is 0 Å². The van der Waals surface area contributed by atoms with E-state index in [1.807, 2.05) is 18.2 Å². The summed E-state index contributed by atoms with van der Waals surface area (Å²) in [6, 6.07) is 9.10. The number of benzene rings is 2. The Balaban J connectivity index is 1.68. The molecule has 0 aromatic heterocycles. The van der Waals surface area contributed by atoms with Crippen LogP contribution in [0.1, 0.15) is 5.56 Å². The summed E-state index contributed by atoms with van der Waals surface area (Å²) in [6.45, 7) is 0.626. The van der Waals surface area contributed by atoms with Gasteiger partial charge >= 0.3 is 0 Å². The minimum absolute atomic E-state index is 0.225. The molecule has 0 radical (unpaired) electrons. The number of methoxy groups -OCH3 is 1. The summed E-state index contributed by atoms with van der Waals surface area (Å²) in [5, 5.41) is 3.49. The van der Waals surface area contributed by atoms with Gasteiger partial charge in [0.05, 0.1) is 23.1 Å². The largest absolute Gasteiger partial charge is 0.495 e. The quantitative estimate of drug-likeness (QED) is 0.590. The predicted octanol–water partition coefficient (Wildman–Crippen LogP) is 3.77. The van der Waals surface area contributed by atoms with Gasteiger partial charge in [-0.25, -0.2) is 4.99 Å². The zero-order valence-electron chi connectivity index (χ0n) is 12.8. The van der Waals surface area contributed by atoms with E-state index in [1.165, 1.54) is 0 Å². The standard InChI is InChI=1S/C16H15BrClN3O3/c1-22-13-3-2-10(6-12(13)18)21-16(19)20-7-9-4-11(17)15-14(5-9)23-8-24-15/h2-6H,7-8H2,1H3,(H3,19,20,21). The molecule has 8 heteroatoms. The monoisotopic (exact) mass is 411 g/mol. The highest BCUT2D eigenvalue weighted by molar-refractivity contribution is 9.10. The summed E-state index contributed by atoms with van der Waals surface area (Å²) in [5.74, 6) is 2.29. The molecule has 24 heavy (non-hydrogen) atoms. The molecule has 1 aliphatic heterocycles. The third-order valence-electron chi connectivity index (χ3n) is 3.34. The maximum absolute atomic E-state index is 6.08. The summed E-state index contributed by atoms with van der Waals surface area (Å²) in [4.78, 5) is 4.32. The molecule has 126 valence electrons. The number of nitrogens with one attached hydrogen (secondary N) is 1. The molecule has 2 aromatic rings. The molecule has 0 aliphatic carbocycles. The van der Waals surface area contributed by atoms with Gasteiger partial charge in [0.25, 0.3) is 0 Å². The van der Waals surface area contributed by atoms with Crippen LogP contribution < -0.4 is 25.3 Å². The second-order valence-electron chi connectivity index (χ2n) is 4.99. The summed E-state index contributed by atoms with van der Waals surface area (Å²) in [6.07, 6.45) is 0. The Hall–Kier alpha value is -2.12. The lowest BCUT2D eigenvalue weighted by atomic mass is 10.2. The van der Waals surface area contributed by atoms with Gasteiger partial charge in [-0.2, -0.15) is 0 Å². The van der Waals surface area contributed by atoms with Gasteiger partial charge in [0.2, 0.25) is 6.79 Å². The Morgan fingerprint density at radius 3 is 2.96 bits per heavy atom. The Bertz CT molecular complexity index is 798. The van der Waals surface area contributed by atoms with Gasteiger partial charge in [0, 0.05) is 5.69 Å². The smallest absolute Gasteiger partial charge is 0.231 e. The van der Waals surface area contributed by atoms with Crippen molar-refractivity contribution in [1.29, 1.82) is 0 Å². The molecule has 0 fully saturated rings. The minimum Gasteiger partial charge on any atom is -0.495 e. The van der Waals surface area contributed by atoms with Gasteiger partial charge in [-0.05, 0) is 51.8 Å². The molecule has 0 atom stereocenters. The molecule has 6 nitrogen and oxygen atoms in total. The van der Waals surface area contributed by atoms with E-state index in [1.54, 1.807) is 19.2 Å². The van der Waals surface area contributed by atoms with Crippen LogP contribution in [0.4, 0.5) is 5.69 Å². The molecule has 1 heterocycles. The molecule has 0 amide bonds. The van der Waals surface area contributed by atoms with Crippen molar-refractivity contribution in [2.24, 2.45) is 10.7 Å². The molecule has 2 aromatic carbocycles. The zero-order valence-corrected chi connectivity index (χ0v) is 15.1. The first-order valence-electron chi connectivity index (χ1n) is 7.05. The summed E-state index contributed by atoms with van der Waals surface area (Å²) < 4.78 is 16.7. The molecule has 0 saturated heterocycles. The summed E-state index contributed by atoms with van der Waals surface area (Å²) >= 11 is 9.53. The maximum atomic E-state index is 6.08. The highest BCUT2D eigenvalue weighted by Crippen LogP contribution is 2.40. The fraction of sp³-hybridized carbons (Fsp3) is 0.188. The van der Waals surface area contributed by atoms with Crippen LogP contribution in [-0.4, -0.2) is 19.9 Å². The van der Waals surface area contributed by atoms with E-state index in [9.17, 15) is 0 Å². The van der Waals surface area contributed by atoms with Gasteiger partial charge in [-0.15, -0.1) is 0 Å². The fourth-order valence-electron chi connectivity index (χ4n) is 2.22. The number of hydrogen-bond acceptors (Lipinski definition) is 4. The molecule has 3 rings (SSSR count). The number of ether oxygens (including phenoxy) is 3. The van der Waals surface area contributed by atoms with Crippen molar-refractivity contribution in [2.75, 3.05) is 19.2 Å². The molecular weight excluding hydrogens is 398 g/mol. The van der Waals surface area contributed by atoms with Crippen LogP contribution in [0.3, 0.4) is 0 Å². The Morgan fingerprint density at radius 2 is 2.21 bits per heavy atom. The van der Waals surface area contributed by atoms with Crippen molar-refractivity contribution in [1.82, 2.24) is 0 Å². The number of halogens is 2. The number of hydrogen-bond donors (Lipinski definition) is 2. The molecule has 0 bridgehead atoms. The molecule has 3 N–H and O–H groups in total. The minimum atomic E-state index is 0.225. The molecule has 0 spiro atoms. The first kappa shape index (κ1) is 16.7. The van der Waals surface area contributed by atoms with Crippen LogP contribution in [0.2, 0.25) is 5.02 Å². The molecule has 1 aliphatic rings. The van der Waals surface area contributed by atoms with E-state index in [4.69, 9.17) is 31.5 Å². The van der Waals surface area contributed by atoms with Crippen LogP contribution in [0.15, 0.2) is 39.8 Å². The normalized spacial score (nSPS) is 13.0. The number of aliphatic imine (C=N–C) groups is 1. The number of rotatable bonds is 4. The van der Waals surface area contributed by atoms with Crippen LogP contribution in [0, 0.1) is 0 Å². The lowest BCUT2D eigenvalue weighted by Crippen LogP contribution is -2.22. The number of guanidine groups is 1. The zero-order chi connectivity index (χ0) is 17.1. The van der Waals surface area contributed by atoms with Gasteiger partial charge in [0.1, 0.15) is 5.75 Å². The second kappa shape index (κ2) is 7.19. The van der Waals surface area contributed by atoms with Crippen molar-refractivity contribution < 1.29 is 14.2 Å². The van der Waals surface area contributed by atoms with E-state index in [2.05, 4.69) is 26.2 Å². The number of fused-ring (bicyclic) bond motifs is 1. The van der Waals surface area contributed by atoms with E-state index in [-0.39, 0.29) is 12.8 Å². The van der Waals surface area contributed by atoms with Gasteiger partial charge in [0.15, 0.2) is 17.5 Å². The average molecular weight is 413 g/mol. The lowest BCUT2D eigenvalue weighted by molar-refractivity contribution is 0.173. The highest BCUT2D eigenvalue weighted by Gasteiger charge is 2.17. The van der Waals surface area contributed by atoms with E-state index < -0.39 is 0 Å². The Kier molecular flexibility index (Phi) is 5.01. The van der Waals surface area contributed by atoms with Gasteiger partial charge < -0.3 is 25.3 Å². The van der Waals surface area contributed by atoms with Crippen LogP contribution in [-0.2, 0) is 6.54 Å². The predicted molar refractivity (Wildman–Crippen MR) is 97.2 cm³/mol. The van der Waals surface area contributed by atoms with E-state index in [0.717, 1.165) is 15.7 Å². The summed E-state index contributed by atoms with van der Waals surface area (Å²) in [7, 11) is 1.56. The topological polar surface area (TPSA) is 78.1 Å². The molecular formula is C16H15BrClN3O3. The van der Waals surface area contributed by atoms with Crippen molar-refractivity contribution in [3.8, 4) is 17.2 Å². The van der Waals surface area contributed by atoms with Crippen molar-refractivity contribution in [3.05, 3.63) is 45.4 Å². The van der Waals surface area contributed by atoms with E-state index >= 15 is 0 Å². The third-order valence-corrected chi connectivity index (χ3v) is 4.23. The number of anilines is 1. The number of nitrogens with zero attached hydrogens (tertiary/aromatic N) is 1. The first-order chi connectivity index (χ1) is 11.6. The fourth-order valence-corrected chi connectivity index (χ4v) is 3.08. The number of nitrogens with two attached hydrogens (primary N) is 1. The average Bonchev–Trinajstić information content (AvgIpc) is 3.02. The highest BCUT2D eigenvalue weighted by atomic mass is 79.9. The molecule has 0 unspecified atom stereocenters. The van der Waals surface area contributed by atoms with Crippen LogP contribution in [0.25, 0.3) is 0 Å². The SMILES string of the molecule is COc1ccc(NC(N)=NCc2cc(Br)c3c(c2)OCO3)cc1Cl. The van der Waals surface area contributed by atoms with Crippen LogP contribution in [0.5, 0.6) is 17.2 Å². The maximum Gasteiger partial charge on any atom is 0.231 e. The first-order valence-corrected chi connectivity index (χ1v) is 8.22. The van der Waals surface area contributed by atoms with Gasteiger partial charge in [-0.3, -0.25) is 0 Å². The summed E-state index contributed by atoms with van der Waals surface area (Å²) in [5.41, 5.74) is 7.60. The lowest BCUT2D eigenvalue weighted by Gasteiger charge is -2.09. The van der Waals surface area contributed by atoms with Crippen molar-refractivity contribution in [2.45, 2.75) is 6.54 Å². The van der Waals surface area contributed by atoms with E-state index in [0.29, 0.717) is 28.8 Å². The second-order valence-corrected chi connectivity index (χ2v) is 6.25. The third kappa shape index (κ3) is 3.68. The Labute approximate surface area is 152 Å². The Morgan fingerprint density at radius 1 is 1.38 bits per heavy atom.